The zero-order valence-electron chi connectivity index (χ0n) is 16.5. The number of halogens is 5. The summed E-state index contributed by atoms with van der Waals surface area (Å²) in [6.07, 6.45) is 0.298. The average Bonchev–Trinajstić information content (AvgIpc) is 2.72. The summed E-state index contributed by atoms with van der Waals surface area (Å²) in [5, 5.41) is 0.586. The maximum absolute atomic E-state index is 14.4. The van der Waals surface area contributed by atoms with Crippen LogP contribution >= 0.6 is 11.6 Å². The minimum Gasteiger partial charge on any atom is -0.376 e. The van der Waals surface area contributed by atoms with Crippen molar-refractivity contribution in [2.45, 2.75) is 18.5 Å². The number of sulfonamides is 1. The molecular weight excluding hydrogens is 470 g/mol. The smallest absolute Gasteiger partial charge is 0.376 e. The highest BCUT2D eigenvalue weighted by Gasteiger charge is 2.46. The van der Waals surface area contributed by atoms with Gasteiger partial charge in [-0.25, -0.2) is 4.39 Å². The molecule has 0 aromatic heterocycles. The number of anilines is 1. The molecule has 32 heavy (non-hydrogen) atoms. The second kappa shape index (κ2) is 9.89. The van der Waals surface area contributed by atoms with E-state index < -0.39 is 21.3 Å². The molecule has 0 saturated heterocycles. The molecule has 0 radical (unpaired) electrons. The van der Waals surface area contributed by atoms with Gasteiger partial charge in [-0.05, 0) is 53.4 Å². The third-order valence-electron chi connectivity index (χ3n) is 4.51. The van der Waals surface area contributed by atoms with Crippen molar-refractivity contribution in [2.24, 2.45) is 0 Å². The van der Waals surface area contributed by atoms with Crippen molar-refractivity contribution in [3.05, 3.63) is 88.7 Å². The van der Waals surface area contributed by atoms with E-state index >= 15 is 0 Å². The van der Waals surface area contributed by atoms with Crippen molar-refractivity contribution < 1.29 is 30.7 Å². The SMILES string of the molecule is O=S(=O)(Nc1cccc(CCOCc2ccc(-c3ccc(Cl)cc3)cc2F)c1)C(F)(F)F. The van der Waals surface area contributed by atoms with Crippen LogP contribution in [0.4, 0.5) is 23.2 Å². The molecule has 10 heteroatoms. The quantitative estimate of drug-likeness (QED) is 0.305. The van der Waals surface area contributed by atoms with Gasteiger partial charge in [0.25, 0.3) is 0 Å². The Balaban J connectivity index is 1.55. The molecule has 0 aliphatic carbocycles. The van der Waals surface area contributed by atoms with Crippen molar-refractivity contribution in [2.75, 3.05) is 11.3 Å². The van der Waals surface area contributed by atoms with Gasteiger partial charge in [-0.2, -0.15) is 21.6 Å². The van der Waals surface area contributed by atoms with Crippen LogP contribution in [-0.2, 0) is 27.8 Å². The summed E-state index contributed by atoms with van der Waals surface area (Å²) < 4.78 is 81.3. The molecular formula is C22H18ClF4NO3S. The number of hydrogen-bond acceptors (Lipinski definition) is 3. The standard InChI is InChI=1S/C22H18ClF4NO3S/c23-19-8-6-16(7-9-19)17-4-5-18(21(24)13-17)14-31-11-10-15-2-1-3-20(12-15)28-32(29,30)22(25,26)27/h1-9,12-13,28H,10-11,14H2. The first-order valence-corrected chi connectivity index (χ1v) is 11.2. The monoisotopic (exact) mass is 487 g/mol. The Morgan fingerprint density at radius 2 is 1.62 bits per heavy atom. The summed E-state index contributed by atoms with van der Waals surface area (Å²) in [7, 11) is -5.49. The third kappa shape index (κ3) is 6.21. The van der Waals surface area contributed by atoms with Gasteiger partial charge in [0.15, 0.2) is 0 Å². The lowest BCUT2D eigenvalue weighted by Gasteiger charge is -2.12. The molecule has 0 heterocycles. The molecule has 0 aliphatic rings. The van der Waals surface area contributed by atoms with E-state index in [0.29, 0.717) is 28.1 Å². The van der Waals surface area contributed by atoms with Crippen LogP contribution in [0.5, 0.6) is 0 Å². The number of ether oxygens (including phenoxy) is 1. The first-order valence-electron chi connectivity index (χ1n) is 9.35. The molecule has 0 saturated carbocycles. The van der Waals surface area contributed by atoms with Gasteiger partial charge < -0.3 is 4.74 Å². The van der Waals surface area contributed by atoms with E-state index in [4.69, 9.17) is 16.3 Å². The Morgan fingerprint density at radius 3 is 2.28 bits per heavy atom. The van der Waals surface area contributed by atoms with Gasteiger partial charge in [-0.15, -0.1) is 0 Å². The molecule has 4 nitrogen and oxygen atoms in total. The summed E-state index contributed by atoms with van der Waals surface area (Å²) in [5.41, 5.74) is -3.17. The highest BCUT2D eigenvalue weighted by atomic mass is 35.5. The highest BCUT2D eigenvalue weighted by molar-refractivity contribution is 7.93. The lowest BCUT2D eigenvalue weighted by Crippen LogP contribution is -2.29. The molecule has 170 valence electrons. The van der Waals surface area contributed by atoms with Gasteiger partial charge in [0.1, 0.15) is 5.82 Å². The van der Waals surface area contributed by atoms with Crippen LogP contribution in [0, 0.1) is 5.82 Å². The summed E-state index contributed by atoms with van der Waals surface area (Å²) in [6, 6.07) is 17.3. The Bertz CT molecular complexity index is 1180. The summed E-state index contributed by atoms with van der Waals surface area (Å²) in [4.78, 5) is 0. The summed E-state index contributed by atoms with van der Waals surface area (Å²) >= 11 is 5.86. The van der Waals surface area contributed by atoms with Crippen molar-refractivity contribution >= 4 is 27.3 Å². The van der Waals surface area contributed by atoms with E-state index in [9.17, 15) is 26.0 Å². The Hall–Kier alpha value is -2.62. The first-order chi connectivity index (χ1) is 15.0. The largest absolute Gasteiger partial charge is 0.516 e. The zero-order valence-corrected chi connectivity index (χ0v) is 18.1. The van der Waals surface area contributed by atoms with Gasteiger partial charge in [0.2, 0.25) is 0 Å². The lowest BCUT2D eigenvalue weighted by molar-refractivity contribution is -0.0429. The van der Waals surface area contributed by atoms with Crippen LogP contribution in [-0.4, -0.2) is 20.5 Å². The molecule has 0 amide bonds. The predicted molar refractivity (Wildman–Crippen MR) is 115 cm³/mol. The Labute approximate surface area is 187 Å². The molecule has 3 rings (SSSR count). The number of nitrogens with one attached hydrogen (secondary N) is 1. The summed E-state index contributed by atoms with van der Waals surface area (Å²) in [6.45, 7) is 0.168. The number of hydrogen-bond donors (Lipinski definition) is 1. The predicted octanol–water partition coefficient (Wildman–Crippen LogP) is 6.17. The molecule has 3 aromatic rings. The zero-order chi connectivity index (χ0) is 23.4. The minimum atomic E-state index is -5.49. The number of rotatable bonds is 8. The van der Waals surface area contributed by atoms with Crippen LogP contribution in [0.2, 0.25) is 5.02 Å². The highest BCUT2D eigenvalue weighted by Crippen LogP contribution is 2.26. The maximum Gasteiger partial charge on any atom is 0.516 e. The molecule has 1 N–H and O–H groups in total. The van der Waals surface area contributed by atoms with Crippen molar-refractivity contribution in [1.29, 1.82) is 0 Å². The van der Waals surface area contributed by atoms with E-state index in [1.54, 1.807) is 42.5 Å². The molecule has 0 bridgehead atoms. The van der Waals surface area contributed by atoms with E-state index in [1.165, 1.54) is 29.0 Å². The van der Waals surface area contributed by atoms with E-state index in [1.807, 2.05) is 0 Å². The normalized spacial score (nSPS) is 12.0. The average molecular weight is 488 g/mol. The van der Waals surface area contributed by atoms with Crippen molar-refractivity contribution in [1.82, 2.24) is 0 Å². The molecule has 3 aromatic carbocycles. The van der Waals surface area contributed by atoms with Crippen molar-refractivity contribution in [3.8, 4) is 11.1 Å². The van der Waals surface area contributed by atoms with Crippen LogP contribution < -0.4 is 4.72 Å². The lowest BCUT2D eigenvalue weighted by atomic mass is 10.0. The topological polar surface area (TPSA) is 55.4 Å². The second-order valence-corrected chi connectivity index (χ2v) is 8.98. The maximum atomic E-state index is 14.4. The molecule has 0 fully saturated rings. The molecule has 0 atom stereocenters. The molecule has 0 aliphatic heterocycles. The molecule has 0 unspecified atom stereocenters. The Morgan fingerprint density at radius 1 is 0.938 bits per heavy atom. The third-order valence-corrected chi connectivity index (χ3v) is 5.87. The van der Waals surface area contributed by atoms with Crippen LogP contribution in [0.1, 0.15) is 11.1 Å². The fourth-order valence-corrected chi connectivity index (χ4v) is 3.54. The van der Waals surface area contributed by atoms with Crippen LogP contribution in [0.25, 0.3) is 11.1 Å². The first kappa shape index (κ1) is 24.0. The minimum absolute atomic E-state index is 0.00707. The van der Waals surface area contributed by atoms with Crippen molar-refractivity contribution in [3.63, 3.8) is 0 Å². The van der Waals surface area contributed by atoms with Crippen LogP contribution in [0.3, 0.4) is 0 Å². The van der Waals surface area contributed by atoms with Gasteiger partial charge in [0.05, 0.1) is 13.2 Å². The fraction of sp³-hybridized carbons (Fsp3) is 0.182. The summed E-state index contributed by atoms with van der Waals surface area (Å²) in [5.74, 6) is -0.430. The fourth-order valence-electron chi connectivity index (χ4n) is 2.86. The van der Waals surface area contributed by atoms with E-state index in [0.717, 1.165) is 5.56 Å². The van der Waals surface area contributed by atoms with Crippen LogP contribution in [0.15, 0.2) is 66.7 Å². The number of alkyl halides is 3. The Kier molecular flexibility index (Phi) is 7.43. The van der Waals surface area contributed by atoms with Gasteiger partial charge in [-0.1, -0.05) is 48.0 Å². The van der Waals surface area contributed by atoms with Gasteiger partial charge in [0, 0.05) is 16.3 Å². The second-order valence-electron chi connectivity index (χ2n) is 6.87. The van der Waals surface area contributed by atoms with Gasteiger partial charge >= 0.3 is 15.5 Å². The van der Waals surface area contributed by atoms with Gasteiger partial charge in [-0.3, -0.25) is 4.72 Å². The van der Waals surface area contributed by atoms with E-state index in [2.05, 4.69) is 0 Å². The molecule has 0 spiro atoms. The van der Waals surface area contributed by atoms with E-state index in [-0.39, 0.29) is 18.9 Å². The number of benzene rings is 3.